The van der Waals surface area contributed by atoms with Gasteiger partial charge in [0.15, 0.2) is 5.82 Å². The Balaban J connectivity index is 1.67. The van der Waals surface area contributed by atoms with Gasteiger partial charge >= 0.3 is 12.0 Å². The summed E-state index contributed by atoms with van der Waals surface area (Å²) in [7, 11) is 2.84. The maximum Gasteiger partial charge on any atom is 0.322 e. The molecule has 144 valence electrons. The number of hydrogen-bond acceptors (Lipinski definition) is 7. The number of nitrogens with one attached hydrogen (secondary N) is 1. The Morgan fingerprint density at radius 2 is 1.64 bits per heavy atom. The van der Waals surface area contributed by atoms with E-state index in [1.807, 2.05) is 0 Å². The van der Waals surface area contributed by atoms with E-state index in [0.29, 0.717) is 17.1 Å². The molecule has 0 radical (unpaired) electrons. The molecular weight excluding hydrogens is 367 g/mol. The highest BCUT2D eigenvalue weighted by atomic mass is 19.1. The predicted octanol–water partition coefficient (Wildman–Crippen LogP) is 2.75. The highest BCUT2D eigenvalue weighted by Gasteiger charge is 2.11. The van der Waals surface area contributed by atoms with Gasteiger partial charge in [0.05, 0.1) is 20.8 Å². The van der Waals surface area contributed by atoms with Gasteiger partial charge in [-0.05, 0) is 42.5 Å². The van der Waals surface area contributed by atoms with Crippen LogP contribution in [0.4, 0.5) is 4.39 Å². The van der Waals surface area contributed by atoms with E-state index in [4.69, 9.17) is 14.2 Å². The van der Waals surface area contributed by atoms with Crippen molar-refractivity contribution in [3.63, 3.8) is 0 Å². The fraction of sp³-hybridized carbons (Fsp3) is 0.158. The Kier molecular flexibility index (Phi) is 5.95. The van der Waals surface area contributed by atoms with E-state index in [9.17, 15) is 9.18 Å². The smallest absolute Gasteiger partial charge is 0.322 e. The monoisotopic (exact) mass is 384 g/mol. The minimum absolute atomic E-state index is 0.0527. The molecule has 3 aromatic rings. The van der Waals surface area contributed by atoms with Crippen LogP contribution < -0.4 is 19.5 Å². The van der Waals surface area contributed by atoms with Crippen molar-refractivity contribution in [1.29, 1.82) is 0 Å². The SMILES string of the molecule is COc1nc(CNC(=O)c2cccc(Oc3ccc(F)cc3)c2)nc(OC)n1. The number of rotatable bonds is 7. The van der Waals surface area contributed by atoms with Gasteiger partial charge in [0.1, 0.15) is 17.3 Å². The zero-order valence-corrected chi connectivity index (χ0v) is 15.2. The van der Waals surface area contributed by atoms with Crippen molar-refractivity contribution >= 4 is 5.91 Å². The van der Waals surface area contributed by atoms with Gasteiger partial charge in [-0.2, -0.15) is 9.97 Å². The number of halogens is 1. The number of ether oxygens (including phenoxy) is 3. The third kappa shape index (κ3) is 4.91. The normalized spacial score (nSPS) is 10.2. The van der Waals surface area contributed by atoms with Gasteiger partial charge in [-0.25, -0.2) is 4.39 Å². The fourth-order valence-corrected chi connectivity index (χ4v) is 2.24. The van der Waals surface area contributed by atoms with Gasteiger partial charge in [-0.15, -0.1) is 4.98 Å². The van der Waals surface area contributed by atoms with Crippen LogP contribution in [0.1, 0.15) is 16.2 Å². The molecule has 0 aliphatic heterocycles. The zero-order valence-electron chi connectivity index (χ0n) is 15.2. The molecule has 0 saturated heterocycles. The topological polar surface area (TPSA) is 95.5 Å². The number of benzene rings is 2. The summed E-state index contributed by atoms with van der Waals surface area (Å²) in [5.74, 6) is 0.497. The lowest BCUT2D eigenvalue weighted by atomic mass is 10.2. The molecule has 1 amide bonds. The minimum Gasteiger partial charge on any atom is -0.467 e. The van der Waals surface area contributed by atoms with Crippen LogP contribution in [0.15, 0.2) is 48.5 Å². The number of carbonyl (C=O) groups is 1. The molecule has 9 heteroatoms. The van der Waals surface area contributed by atoms with Crippen molar-refractivity contribution in [3.8, 4) is 23.5 Å². The molecule has 0 spiro atoms. The van der Waals surface area contributed by atoms with Gasteiger partial charge in [-0.1, -0.05) is 6.07 Å². The lowest BCUT2D eigenvalue weighted by Gasteiger charge is -2.09. The first-order valence-electron chi connectivity index (χ1n) is 8.22. The van der Waals surface area contributed by atoms with Crippen LogP contribution in [0, 0.1) is 5.82 Å². The van der Waals surface area contributed by atoms with Gasteiger partial charge in [0.25, 0.3) is 5.91 Å². The Morgan fingerprint density at radius 3 is 2.29 bits per heavy atom. The van der Waals surface area contributed by atoms with Crippen molar-refractivity contribution in [2.45, 2.75) is 6.54 Å². The second kappa shape index (κ2) is 8.76. The van der Waals surface area contributed by atoms with Gasteiger partial charge in [-0.3, -0.25) is 4.79 Å². The van der Waals surface area contributed by atoms with Crippen LogP contribution in [0.5, 0.6) is 23.5 Å². The summed E-state index contributed by atoms with van der Waals surface area (Å²) in [5, 5.41) is 2.71. The quantitative estimate of drug-likeness (QED) is 0.669. The van der Waals surface area contributed by atoms with Crippen molar-refractivity contribution in [3.05, 3.63) is 65.7 Å². The van der Waals surface area contributed by atoms with Crippen LogP contribution in [0.3, 0.4) is 0 Å². The van der Waals surface area contributed by atoms with Crippen molar-refractivity contribution in [2.24, 2.45) is 0 Å². The summed E-state index contributed by atoms with van der Waals surface area (Å²) in [6.45, 7) is 0.0527. The lowest BCUT2D eigenvalue weighted by molar-refractivity contribution is 0.0949. The lowest BCUT2D eigenvalue weighted by Crippen LogP contribution is -2.24. The third-order valence-electron chi connectivity index (χ3n) is 3.56. The highest BCUT2D eigenvalue weighted by molar-refractivity contribution is 5.94. The van der Waals surface area contributed by atoms with Crippen molar-refractivity contribution < 1.29 is 23.4 Å². The van der Waals surface area contributed by atoms with E-state index in [1.54, 1.807) is 24.3 Å². The first-order chi connectivity index (χ1) is 13.6. The average Bonchev–Trinajstić information content (AvgIpc) is 2.73. The molecule has 28 heavy (non-hydrogen) atoms. The summed E-state index contributed by atoms with van der Waals surface area (Å²) in [6.07, 6.45) is 0. The van der Waals surface area contributed by atoms with E-state index >= 15 is 0 Å². The molecule has 0 saturated carbocycles. The van der Waals surface area contributed by atoms with Crippen LogP contribution in [-0.4, -0.2) is 35.1 Å². The van der Waals surface area contributed by atoms with Crippen LogP contribution >= 0.6 is 0 Å². The summed E-state index contributed by atoms with van der Waals surface area (Å²) in [5.41, 5.74) is 0.382. The van der Waals surface area contributed by atoms with Gasteiger partial charge < -0.3 is 19.5 Å². The number of hydrogen-bond donors (Lipinski definition) is 1. The molecule has 1 heterocycles. The molecular formula is C19H17FN4O4. The van der Waals surface area contributed by atoms with Crippen molar-refractivity contribution in [2.75, 3.05) is 14.2 Å². The van der Waals surface area contributed by atoms with Gasteiger partial charge in [0, 0.05) is 5.56 Å². The molecule has 1 aromatic heterocycles. The molecule has 0 atom stereocenters. The number of nitrogens with zero attached hydrogens (tertiary/aromatic N) is 3. The standard InChI is InChI=1S/C19H17FN4O4/c1-26-18-22-16(23-19(24-18)27-2)11-21-17(25)12-4-3-5-15(10-12)28-14-8-6-13(20)7-9-14/h3-10H,11H2,1-2H3,(H,21,25). The predicted molar refractivity (Wildman–Crippen MR) is 97.0 cm³/mol. The molecule has 3 rings (SSSR count). The largest absolute Gasteiger partial charge is 0.467 e. The second-order valence-corrected chi connectivity index (χ2v) is 5.49. The summed E-state index contributed by atoms with van der Waals surface area (Å²) in [6, 6.07) is 12.4. The molecule has 8 nitrogen and oxygen atoms in total. The highest BCUT2D eigenvalue weighted by Crippen LogP contribution is 2.22. The summed E-state index contributed by atoms with van der Waals surface area (Å²) >= 11 is 0. The average molecular weight is 384 g/mol. The first kappa shape index (κ1) is 19.0. The van der Waals surface area contributed by atoms with Crippen LogP contribution in [0.25, 0.3) is 0 Å². The molecule has 0 aliphatic rings. The Morgan fingerprint density at radius 1 is 0.964 bits per heavy atom. The second-order valence-electron chi connectivity index (χ2n) is 5.49. The maximum absolute atomic E-state index is 13.0. The number of aromatic nitrogens is 3. The fourth-order valence-electron chi connectivity index (χ4n) is 2.24. The summed E-state index contributed by atoms with van der Waals surface area (Å²) in [4.78, 5) is 24.4. The van der Waals surface area contributed by atoms with Crippen molar-refractivity contribution in [1.82, 2.24) is 20.3 Å². The molecule has 1 N–H and O–H groups in total. The van der Waals surface area contributed by atoms with E-state index in [1.165, 1.54) is 38.5 Å². The molecule has 2 aromatic carbocycles. The number of amides is 1. The Labute approximate surface area is 160 Å². The molecule has 0 fully saturated rings. The van der Waals surface area contributed by atoms with E-state index in [-0.39, 0.29) is 36.1 Å². The van der Waals surface area contributed by atoms with E-state index in [2.05, 4.69) is 20.3 Å². The third-order valence-corrected chi connectivity index (χ3v) is 3.56. The summed E-state index contributed by atoms with van der Waals surface area (Å²) < 4.78 is 28.6. The molecule has 0 aliphatic carbocycles. The molecule has 0 unspecified atom stereocenters. The maximum atomic E-state index is 13.0. The minimum atomic E-state index is -0.355. The van der Waals surface area contributed by atoms with Crippen LogP contribution in [0.2, 0.25) is 0 Å². The van der Waals surface area contributed by atoms with Crippen LogP contribution in [-0.2, 0) is 6.54 Å². The van der Waals surface area contributed by atoms with E-state index in [0.717, 1.165) is 0 Å². The van der Waals surface area contributed by atoms with E-state index < -0.39 is 0 Å². The van der Waals surface area contributed by atoms with Gasteiger partial charge in [0.2, 0.25) is 0 Å². The Hall–Kier alpha value is -3.75. The number of methoxy groups -OCH3 is 2. The Bertz CT molecular complexity index is 944. The molecule has 0 bridgehead atoms. The first-order valence-corrected chi connectivity index (χ1v) is 8.22. The zero-order chi connectivity index (χ0) is 19.9. The number of carbonyl (C=O) groups excluding carboxylic acids is 1.